The quantitative estimate of drug-likeness (QED) is 0.535. The number of para-hydroxylation sites is 1. The Kier molecular flexibility index (Phi) is 7.50. The molecule has 2 amide bonds. The van der Waals surface area contributed by atoms with Gasteiger partial charge in [0.1, 0.15) is 11.5 Å². The van der Waals surface area contributed by atoms with Crippen LogP contribution in [-0.2, 0) is 9.59 Å². The van der Waals surface area contributed by atoms with Gasteiger partial charge in [0.05, 0.1) is 11.6 Å². The molecule has 136 valence electrons. The second-order valence-corrected chi connectivity index (χ2v) is 6.27. The van der Waals surface area contributed by atoms with E-state index in [0.717, 1.165) is 5.56 Å². The minimum atomic E-state index is -0.508. The van der Waals surface area contributed by atoms with Crippen LogP contribution in [0.3, 0.4) is 0 Å². The number of halogens is 2. The first-order valence-corrected chi connectivity index (χ1v) is 8.64. The van der Waals surface area contributed by atoms with E-state index >= 15 is 0 Å². The zero-order valence-electron chi connectivity index (χ0n) is 13.8. The van der Waals surface area contributed by atoms with Gasteiger partial charge < -0.3 is 9.47 Å². The van der Waals surface area contributed by atoms with Gasteiger partial charge in [-0.25, -0.2) is 0 Å². The van der Waals surface area contributed by atoms with Crippen LogP contribution in [0.25, 0.3) is 6.08 Å². The summed E-state index contributed by atoms with van der Waals surface area (Å²) in [7, 11) is 1.55. The van der Waals surface area contributed by atoms with Gasteiger partial charge in [-0.2, -0.15) is 0 Å². The molecular formula is C18H16BrClN2O4. The summed E-state index contributed by atoms with van der Waals surface area (Å²) in [5.74, 6) is 0.109. The molecule has 0 heterocycles. The fourth-order valence-electron chi connectivity index (χ4n) is 1.91. The highest BCUT2D eigenvalue weighted by Gasteiger charge is 2.07. The van der Waals surface area contributed by atoms with Crippen molar-refractivity contribution in [1.82, 2.24) is 10.9 Å². The standard InChI is InChI=1S/C18H16BrClN2O4/c1-25-15-5-3-2-4-12(15)6-9-17(23)21-22-18(24)11-26-16-8-7-13(20)10-14(16)19/h2-10H,11H2,1H3,(H,21,23)(H,22,24). The van der Waals surface area contributed by atoms with Crippen molar-refractivity contribution in [1.29, 1.82) is 0 Å². The lowest BCUT2D eigenvalue weighted by Crippen LogP contribution is -2.43. The minimum absolute atomic E-state index is 0.267. The Morgan fingerprint density at radius 3 is 2.65 bits per heavy atom. The van der Waals surface area contributed by atoms with E-state index in [9.17, 15) is 9.59 Å². The summed E-state index contributed by atoms with van der Waals surface area (Å²) in [6.45, 7) is -0.267. The summed E-state index contributed by atoms with van der Waals surface area (Å²) >= 11 is 9.11. The number of ether oxygens (including phenoxy) is 2. The van der Waals surface area contributed by atoms with Crippen molar-refractivity contribution in [2.45, 2.75) is 0 Å². The Balaban J connectivity index is 1.79. The number of carbonyl (C=O) groups is 2. The number of hydrogen-bond donors (Lipinski definition) is 2. The van der Waals surface area contributed by atoms with Crippen LogP contribution in [-0.4, -0.2) is 25.5 Å². The van der Waals surface area contributed by atoms with Gasteiger partial charge in [0, 0.05) is 16.7 Å². The predicted octanol–water partition coefficient (Wildman–Crippen LogP) is 3.35. The van der Waals surface area contributed by atoms with Crippen molar-refractivity contribution in [3.05, 3.63) is 63.6 Å². The zero-order valence-corrected chi connectivity index (χ0v) is 16.1. The maximum Gasteiger partial charge on any atom is 0.276 e. The molecule has 26 heavy (non-hydrogen) atoms. The molecule has 0 unspecified atom stereocenters. The molecule has 2 N–H and O–H groups in total. The monoisotopic (exact) mass is 438 g/mol. The van der Waals surface area contributed by atoms with Gasteiger partial charge >= 0.3 is 0 Å². The Bertz CT molecular complexity index is 827. The number of amides is 2. The molecular weight excluding hydrogens is 424 g/mol. The largest absolute Gasteiger partial charge is 0.496 e. The van der Waals surface area contributed by atoms with E-state index in [1.165, 1.54) is 6.08 Å². The molecule has 0 saturated carbocycles. The highest BCUT2D eigenvalue weighted by molar-refractivity contribution is 9.10. The lowest BCUT2D eigenvalue weighted by atomic mass is 10.2. The average Bonchev–Trinajstić information content (AvgIpc) is 2.64. The fraction of sp³-hybridized carbons (Fsp3) is 0.111. The lowest BCUT2D eigenvalue weighted by Gasteiger charge is -2.09. The van der Waals surface area contributed by atoms with Crippen molar-refractivity contribution >= 4 is 45.4 Å². The highest BCUT2D eigenvalue weighted by atomic mass is 79.9. The normalized spacial score (nSPS) is 10.4. The third-order valence-electron chi connectivity index (χ3n) is 3.13. The highest BCUT2D eigenvalue weighted by Crippen LogP contribution is 2.27. The summed E-state index contributed by atoms with van der Waals surface area (Å²) in [4.78, 5) is 23.5. The van der Waals surface area contributed by atoms with Crippen LogP contribution < -0.4 is 20.3 Å². The maximum absolute atomic E-state index is 11.8. The molecule has 0 fully saturated rings. The third kappa shape index (κ3) is 6.09. The molecule has 8 heteroatoms. The molecule has 0 atom stereocenters. The number of benzene rings is 2. The lowest BCUT2D eigenvalue weighted by molar-refractivity contribution is -0.128. The molecule has 0 spiro atoms. The van der Waals surface area contributed by atoms with Gasteiger partial charge in [0.15, 0.2) is 6.61 Å². The summed E-state index contributed by atoms with van der Waals surface area (Å²) in [5.41, 5.74) is 5.28. The van der Waals surface area contributed by atoms with E-state index in [0.29, 0.717) is 21.0 Å². The van der Waals surface area contributed by atoms with Gasteiger partial charge in [0.25, 0.3) is 11.8 Å². The van der Waals surface area contributed by atoms with E-state index in [-0.39, 0.29) is 6.61 Å². The maximum atomic E-state index is 11.8. The van der Waals surface area contributed by atoms with Crippen LogP contribution in [0.1, 0.15) is 5.56 Å². The van der Waals surface area contributed by atoms with Gasteiger partial charge in [-0.1, -0.05) is 29.8 Å². The topological polar surface area (TPSA) is 76.7 Å². The second kappa shape index (κ2) is 9.84. The Morgan fingerprint density at radius 2 is 1.92 bits per heavy atom. The van der Waals surface area contributed by atoms with Crippen LogP contribution in [0, 0.1) is 0 Å². The predicted molar refractivity (Wildman–Crippen MR) is 103 cm³/mol. The van der Waals surface area contributed by atoms with E-state index in [1.54, 1.807) is 43.5 Å². The Labute approximate surface area is 164 Å². The molecule has 2 aromatic carbocycles. The van der Waals surface area contributed by atoms with Crippen molar-refractivity contribution in [2.24, 2.45) is 0 Å². The number of carbonyl (C=O) groups excluding carboxylic acids is 2. The zero-order chi connectivity index (χ0) is 18.9. The number of rotatable bonds is 6. The number of nitrogens with one attached hydrogen (secondary N) is 2. The van der Waals surface area contributed by atoms with Gasteiger partial charge in [-0.05, 0) is 46.3 Å². The summed E-state index contributed by atoms with van der Waals surface area (Å²) in [6, 6.07) is 12.2. The molecule has 0 aliphatic rings. The van der Waals surface area contributed by atoms with Crippen molar-refractivity contribution in [3.63, 3.8) is 0 Å². The van der Waals surface area contributed by atoms with Gasteiger partial charge in [0.2, 0.25) is 0 Å². The molecule has 0 aliphatic heterocycles. The number of hydrazine groups is 1. The van der Waals surface area contributed by atoms with E-state index in [1.807, 2.05) is 12.1 Å². The molecule has 0 bridgehead atoms. The molecule has 2 rings (SSSR count). The second-order valence-electron chi connectivity index (χ2n) is 4.98. The summed E-state index contributed by atoms with van der Waals surface area (Å²) in [5, 5.41) is 0.544. The molecule has 0 saturated heterocycles. The molecule has 0 radical (unpaired) electrons. The van der Waals surface area contributed by atoms with Crippen LogP contribution in [0.2, 0.25) is 5.02 Å². The van der Waals surface area contributed by atoms with Gasteiger partial charge in [-0.15, -0.1) is 0 Å². The summed E-state index contributed by atoms with van der Waals surface area (Å²) < 4.78 is 11.2. The molecule has 0 aliphatic carbocycles. The van der Waals surface area contributed by atoms with Crippen molar-refractivity contribution in [3.8, 4) is 11.5 Å². The third-order valence-corrected chi connectivity index (χ3v) is 3.99. The smallest absolute Gasteiger partial charge is 0.276 e. The first-order valence-electron chi connectivity index (χ1n) is 7.47. The molecule has 2 aromatic rings. The fourth-order valence-corrected chi connectivity index (χ4v) is 2.71. The van der Waals surface area contributed by atoms with Crippen molar-refractivity contribution < 1.29 is 19.1 Å². The minimum Gasteiger partial charge on any atom is -0.496 e. The Hall–Kier alpha value is -2.51. The summed E-state index contributed by atoms with van der Waals surface area (Å²) in [6.07, 6.45) is 2.87. The molecule has 0 aromatic heterocycles. The van der Waals surface area contributed by atoms with Crippen LogP contribution in [0.5, 0.6) is 11.5 Å². The van der Waals surface area contributed by atoms with Gasteiger partial charge in [-0.3, -0.25) is 20.4 Å². The first kappa shape index (κ1) is 19.8. The average molecular weight is 440 g/mol. The number of hydrogen-bond acceptors (Lipinski definition) is 4. The first-order chi connectivity index (χ1) is 12.5. The van der Waals surface area contributed by atoms with E-state index < -0.39 is 11.8 Å². The van der Waals surface area contributed by atoms with Crippen LogP contribution in [0.15, 0.2) is 53.0 Å². The SMILES string of the molecule is COc1ccccc1C=CC(=O)NNC(=O)COc1ccc(Cl)cc1Br. The van der Waals surface area contributed by atoms with Crippen molar-refractivity contribution in [2.75, 3.05) is 13.7 Å². The van der Waals surface area contributed by atoms with Crippen LogP contribution in [0.4, 0.5) is 0 Å². The van der Waals surface area contributed by atoms with Crippen LogP contribution >= 0.6 is 27.5 Å². The van der Waals surface area contributed by atoms with E-state index in [2.05, 4.69) is 26.8 Å². The number of methoxy groups -OCH3 is 1. The molecule has 6 nitrogen and oxygen atoms in total. The Morgan fingerprint density at radius 1 is 1.15 bits per heavy atom. The van der Waals surface area contributed by atoms with E-state index in [4.69, 9.17) is 21.1 Å².